The highest BCUT2D eigenvalue weighted by atomic mass is 19.1. The SMILES string of the molecule is [B]C(=O)N[C@@H](Cc1cc(F)cc(F)c1)[C@H](O)CO. The normalized spacial score (nSPS) is 14.0. The van der Waals surface area contributed by atoms with E-state index in [1.165, 1.54) is 0 Å². The van der Waals surface area contributed by atoms with Crippen LogP contribution in [0.5, 0.6) is 0 Å². The lowest BCUT2D eigenvalue weighted by molar-refractivity contribution is 0.0666. The number of rotatable bonds is 5. The van der Waals surface area contributed by atoms with Crippen LogP contribution >= 0.6 is 0 Å². The minimum Gasteiger partial charge on any atom is -0.394 e. The summed E-state index contributed by atoms with van der Waals surface area (Å²) in [4.78, 5) is 10.7. The molecule has 2 atom stereocenters. The van der Waals surface area contributed by atoms with E-state index in [0.29, 0.717) is 6.07 Å². The van der Waals surface area contributed by atoms with E-state index in [1.807, 2.05) is 0 Å². The van der Waals surface area contributed by atoms with Gasteiger partial charge in [-0.1, -0.05) is 0 Å². The Kier molecular flexibility index (Phi) is 5.24. The second-order valence-electron chi connectivity index (χ2n) is 3.85. The maximum absolute atomic E-state index is 13.0. The van der Waals surface area contributed by atoms with E-state index in [0.717, 1.165) is 12.1 Å². The summed E-state index contributed by atoms with van der Waals surface area (Å²) >= 11 is 0. The van der Waals surface area contributed by atoms with Crippen molar-refractivity contribution in [3.8, 4) is 0 Å². The maximum atomic E-state index is 13.0. The molecule has 18 heavy (non-hydrogen) atoms. The number of hydrogen-bond donors (Lipinski definition) is 3. The third-order valence-corrected chi connectivity index (χ3v) is 2.36. The van der Waals surface area contributed by atoms with E-state index in [1.54, 1.807) is 0 Å². The molecule has 0 bridgehead atoms. The molecule has 1 aromatic carbocycles. The second kappa shape index (κ2) is 6.46. The van der Waals surface area contributed by atoms with Gasteiger partial charge in [0.25, 0.3) is 0 Å². The number of halogens is 2. The molecule has 0 fully saturated rings. The summed E-state index contributed by atoms with van der Waals surface area (Å²) in [6.45, 7) is -0.608. The van der Waals surface area contributed by atoms with Gasteiger partial charge in [0.05, 0.1) is 18.8 Å². The highest BCUT2D eigenvalue weighted by Crippen LogP contribution is 2.11. The summed E-state index contributed by atoms with van der Waals surface area (Å²) in [5.41, 5.74) is 0.235. The van der Waals surface area contributed by atoms with Gasteiger partial charge in [-0.2, -0.15) is 0 Å². The summed E-state index contributed by atoms with van der Waals surface area (Å²) < 4.78 is 25.9. The summed E-state index contributed by atoms with van der Waals surface area (Å²) in [6, 6.07) is 1.93. The number of aliphatic hydroxyl groups is 2. The average molecular weight is 255 g/mol. The van der Waals surface area contributed by atoms with Crippen LogP contribution in [0.2, 0.25) is 0 Å². The molecule has 0 unspecified atom stereocenters. The van der Waals surface area contributed by atoms with Gasteiger partial charge in [0.15, 0.2) is 5.81 Å². The molecule has 1 rings (SSSR count). The molecule has 4 nitrogen and oxygen atoms in total. The van der Waals surface area contributed by atoms with Gasteiger partial charge in [0, 0.05) is 6.07 Å². The first-order valence-electron chi connectivity index (χ1n) is 5.22. The van der Waals surface area contributed by atoms with E-state index in [4.69, 9.17) is 13.0 Å². The zero-order chi connectivity index (χ0) is 13.7. The van der Waals surface area contributed by atoms with E-state index >= 15 is 0 Å². The van der Waals surface area contributed by atoms with Crippen LogP contribution < -0.4 is 5.32 Å². The third kappa shape index (κ3) is 4.42. The van der Waals surface area contributed by atoms with Crippen LogP contribution in [0.25, 0.3) is 0 Å². The highest BCUT2D eigenvalue weighted by molar-refractivity contribution is 6.57. The lowest BCUT2D eigenvalue weighted by Gasteiger charge is -2.22. The number of benzene rings is 1. The number of nitrogens with one attached hydrogen (secondary N) is 1. The summed E-state index contributed by atoms with van der Waals surface area (Å²) in [6.07, 6.45) is -1.33. The minimum absolute atomic E-state index is 0.0562. The topological polar surface area (TPSA) is 69.6 Å². The molecular weight excluding hydrogens is 243 g/mol. The Labute approximate surface area is 104 Å². The van der Waals surface area contributed by atoms with Gasteiger partial charge in [-0.25, -0.2) is 8.78 Å². The number of hydrogen-bond acceptors (Lipinski definition) is 3. The predicted octanol–water partition coefficient (Wildman–Crippen LogP) is 0.107. The van der Waals surface area contributed by atoms with E-state index < -0.39 is 36.2 Å². The van der Waals surface area contributed by atoms with Crippen molar-refractivity contribution in [2.75, 3.05) is 6.61 Å². The molecule has 0 heterocycles. The van der Waals surface area contributed by atoms with Crippen molar-refractivity contribution in [2.24, 2.45) is 0 Å². The molecule has 96 valence electrons. The van der Waals surface area contributed by atoms with E-state index in [9.17, 15) is 18.7 Å². The van der Waals surface area contributed by atoms with Crippen molar-refractivity contribution in [3.63, 3.8) is 0 Å². The third-order valence-electron chi connectivity index (χ3n) is 2.36. The molecular formula is C11H12BF2NO3. The summed E-state index contributed by atoms with van der Waals surface area (Å²) in [7, 11) is 4.91. The molecule has 0 aliphatic rings. The minimum atomic E-state index is -1.27. The van der Waals surface area contributed by atoms with Crippen LogP contribution in [0.1, 0.15) is 5.56 Å². The first-order chi connectivity index (χ1) is 8.42. The molecule has 0 saturated heterocycles. The zero-order valence-corrected chi connectivity index (χ0v) is 9.44. The average Bonchev–Trinajstić information content (AvgIpc) is 2.25. The zero-order valence-electron chi connectivity index (χ0n) is 9.44. The largest absolute Gasteiger partial charge is 0.394 e. The van der Waals surface area contributed by atoms with Crippen molar-refractivity contribution in [1.29, 1.82) is 0 Å². The Balaban J connectivity index is 2.84. The van der Waals surface area contributed by atoms with Gasteiger partial charge in [0.2, 0.25) is 7.85 Å². The standard InChI is InChI=1S/C11H12BF2NO3/c12-11(18)15-9(10(17)5-16)3-6-1-7(13)4-8(14)2-6/h1-2,4,9-10,16-17H,3,5H2,(H,15,18)/t9-,10+/m0/s1. The Bertz CT molecular complexity index is 410. The fourth-order valence-corrected chi connectivity index (χ4v) is 1.58. The van der Waals surface area contributed by atoms with Crippen molar-refractivity contribution >= 4 is 13.7 Å². The van der Waals surface area contributed by atoms with Crippen LogP contribution in [0.3, 0.4) is 0 Å². The van der Waals surface area contributed by atoms with Crippen molar-refractivity contribution < 1.29 is 23.8 Å². The fraction of sp³-hybridized carbons (Fsp3) is 0.364. The van der Waals surface area contributed by atoms with E-state index in [2.05, 4.69) is 5.32 Å². The molecule has 2 radical (unpaired) electrons. The van der Waals surface area contributed by atoms with E-state index in [-0.39, 0.29) is 12.0 Å². The van der Waals surface area contributed by atoms with Gasteiger partial charge in [-0.3, -0.25) is 4.79 Å². The van der Waals surface area contributed by atoms with Crippen LogP contribution in [-0.4, -0.2) is 42.6 Å². The molecule has 1 amide bonds. The van der Waals surface area contributed by atoms with Crippen molar-refractivity contribution in [3.05, 3.63) is 35.4 Å². The molecule has 0 aliphatic carbocycles. The van der Waals surface area contributed by atoms with Crippen LogP contribution in [0.4, 0.5) is 13.6 Å². The first kappa shape index (κ1) is 14.6. The first-order valence-corrected chi connectivity index (χ1v) is 5.22. The smallest absolute Gasteiger partial charge is 0.200 e. The van der Waals surface area contributed by atoms with Crippen LogP contribution in [0.15, 0.2) is 18.2 Å². The number of amides is 1. The molecule has 0 spiro atoms. The lowest BCUT2D eigenvalue weighted by Crippen LogP contribution is -2.46. The predicted molar refractivity (Wildman–Crippen MR) is 61.2 cm³/mol. The van der Waals surface area contributed by atoms with Crippen LogP contribution in [-0.2, 0) is 6.42 Å². The fourth-order valence-electron chi connectivity index (χ4n) is 1.58. The van der Waals surface area contributed by atoms with Gasteiger partial charge < -0.3 is 15.5 Å². The van der Waals surface area contributed by atoms with Crippen molar-refractivity contribution in [2.45, 2.75) is 18.6 Å². The summed E-state index contributed by atoms with van der Waals surface area (Å²) in [5, 5.41) is 20.5. The Hall–Kier alpha value is -1.47. The molecule has 3 N–H and O–H groups in total. The number of aliphatic hydroxyl groups excluding tert-OH is 2. The number of carbonyl (C=O) groups is 1. The van der Waals surface area contributed by atoms with Crippen LogP contribution in [0, 0.1) is 11.6 Å². The lowest BCUT2D eigenvalue weighted by atomic mass is 9.99. The summed E-state index contributed by atoms with van der Waals surface area (Å²) in [5.74, 6) is -2.42. The Morgan fingerprint density at radius 1 is 1.33 bits per heavy atom. The highest BCUT2D eigenvalue weighted by Gasteiger charge is 2.20. The van der Waals surface area contributed by atoms with Crippen molar-refractivity contribution in [1.82, 2.24) is 5.32 Å². The quantitative estimate of drug-likeness (QED) is 0.654. The molecule has 0 aliphatic heterocycles. The Morgan fingerprint density at radius 3 is 2.33 bits per heavy atom. The monoisotopic (exact) mass is 255 g/mol. The second-order valence-corrected chi connectivity index (χ2v) is 3.85. The van der Waals surface area contributed by atoms with Gasteiger partial charge in [-0.15, -0.1) is 0 Å². The van der Waals surface area contributed by atoms with Gasteiger partial charge in [0.1, 0.15) is 11.6 Å². The van der Waals surface area contributed by atoms with Gasteiger partial charge >= 0.3 is 0 Å². The number of carbonyl (C=O) groups excluding carboxylic acids is 1. The molecule has 7 heteroatoms. The van der Waals surface area contributed by atoms with Gasteiger partial charge in [-0.05, 0) is 24.1 Å². The molecule has 1 aromatic rings. The maximum Gasteiger partial charge on any atom is 0.200 e. The molecule has 0 saturated carbocycles. The Morgan fingerprint density at radius 2 is 1.89 bits per heavy atom. The molecule has 0 aromatic heterocycles.